The number of ether oxygens (including phenoxy) is 1. The van der Waals surface area contributed by atoms with E-state index in [9.17, 15) is 19.9 Å². The van der Waals surface area contributed by atoms with E-state index < -0.39 is 12.0 Å². The number of carboxylic acid groups (broad SMARTS) is 1. The summed E-state index contributed by atoms with van der Waals surface area (Å²) >= 11 is 8.22. The van der Waals surface area contributed by atoms with E-state index >= 15 is 0 Å². The second kappa shape index (κ2) is 9.29. The summed E-state index contributed by atoms with van der Waals surface area (Å²) in [6.07, 6.45) is -0.0346. The van der Waals surface area contributed by atoms with Crippen molar-refractivity contribution in [3.05, 3.63) is 49.0 Å². The predicted octanol–water partition coefficient (Wildman–Crippen LogP) is 4.03. The minimum Gasteiger partial charge on any atom is -0.548 e. The molecular formula is C15H8I4NO5-. The molecule has 0 heterocycles. The molecule has 0 saturated heterocycles. The second-order valence-electron chi connectivity index (χ2n) is 4.87. The van der Waals surface area contributed by atoms with Crippen molar-refractivity contribution in [2.75, 3.05) is 0 Å². The maximum absolute atomic E-state index is 10.8. The summed E-state index contributed by atoms with van der Waals surface area (Å²) in [5.74, 6) is -0.0831. The molecule has 0 bridgehead atoms. The van der Waals surface area contributed by atoms with Crippen LogP contribution in [0.2, 0.25) is 0 Å². The molecular weight excluding hydrogens is 782 g/mol. The predicted molar refractivity (Wildman–Crippen MR) is 124 cm³/mol. The SMILES string of the molecule is O=N[C@@H](Cc1cc(I)c(Oc2cc(I)c(O)c(I)c2)c(I)c1)C(=O)[O-]. The van der Waals surface area contributed by atoms with E-state index in [1.807, 2.05) is 45.2 Å². The molecule has 0 aromatic heterocycles. The summed E-state index contributed by atoms with van der Waals surface area (Å²) in [5.41, 5.74) is 0.657. The molecule has 1 N–H and O–H groups in total. The highest BCUT2D eigenvalue weighted by Crippen LogP contribution is 2.37. The third-order valence-corrected chi connectivity index (χ3v) is 6.34. The third-order valence-electron chi connectivity index (χ3n) is 3.10. The first kappa shape index (κ1) is 21.3. The standard InChI is InChI=1S/C15H9I4NO5/c16-8-4-7(5-9(17)13(8)21)25-14-10(18)1-6(2-11(14)19)3-12(20-24)15(22)23/h1-2,4-5,12,21H,3H2,(H,22,23)/p-1/t12-/m0/s1. The van der Waals surface area contributed by atoms with Crippen LogP contribution < -0.4 is 9.84 Å². The molecule has 2 aromatic carbocycles. The molecule has 0 aliphatic rings. The van der Waals surface area contributed by atoms with E-state index in [1.165, 1.54) is 0 Å². The fraction of sp³-hybridized carbons (Fsp3) is 0.133. The van der Waals surface area contributed by atoms with Crippen LogP contribution in [-0.4, -0.2) is 17.1 Å². The zero-order chi connectivity index (χ0) is 18.7. The van der Waals surface area contributed by atoms with Gasteiger partial charge in [-0.15, -0.1) is 0 Å². The number of phenolic OH excluding ortho intramolecular Hbond substituents is 1. The molecule has 10 heteroatoms. The van der Waals surface area contributed by atoms with Crippen molar-refractivity contribution in [1.82, 2.24) is 0 Å². The van der Waals surface area contributed by atoms with Crippen molar-refractivity contribution >= 4 is 96.3 Å². The normalized spacial score (nSPS) is 11.8. The first-order chi connectivity index (χ1) is 11.7. The summed E-state index contributed by atoms with van der Waals surface area (Å²) in [6.45, 7) is 0. The molecule has 0 unspecified atom stereocenters. The highest BCUT2D eigenvalue weighted by Gasteiger charge is 2.16. The third kappa shape index (κ3) is 5.50. The van der Waals surface area contributed by atoms with Gasteiger partial charge in [0, 0.05) is 6.42 Å². The summed E-state index contributed by atoms with van der Waals surface area (Å²) < 4.78 is 8.82. The molecule has 0 fully saturated rings. The molecule has 0 radical (unpaired) electrons. The zero-order valence-corrected chi connectivity index (χ0v) is 20.8. The molecule has 1 atom stereocenters. The van der Waals surface area contributed by atoms with Crippen LogP contribution in [0.25, 0.3) is 0 Å². The number of hydrogen-bond acceptors (Lipinski definition) is 6. The van der Waals surface area contributed by atoms with Crippen molar-refractivity contribution < 1.29 is 19.7 Å². The van der Waals surface area contributed by atoms with E-state index in [2.05, 4.69) is 50.4 Å². The number of carboxylic acids is 1. The molecule has 0 aliphatic carbocycles. The number of rotatable bonds is 6. The molecule has 0 amide bonds. The van der Waals surface area contributed by atoms with Crippen molar-refractivity contribution in [3.8, 4) is 17.2 Å². The van der Waals surface area contributed by atoms with Crippen LogP contribution in [0.4, 0.5) is 0 Å². The molecule has 2 rings (SSSR count). The van der Waals surface area contributed by atoms with Crippen LogP contribution in [0.15, 0.2) is 29.4 Å². The largest absolute Gasteiger partial charge is 0.548 e. The van der Waals surface area contributed by atoms with Crippen LogP contribution in [0, 0.1) is 19.2 Å². The van der Waals surface area contributed by atoms with Gasteiger partial charge in [0.05, 0.1) is 20.3 Å². The van der Waals surface area contributed by atoms with E-state index in [1.54, 1.807) is 24.3 Å². The minimum atomic E-state index is -1.49. The van der Waals surface area contributed by atoms with Crippen LogP contribution in [0.3, 0.4) is 0 Å². The Morgan fingerprint density at radius 1 is 1.08 bits per heavy atom. The van der Waals surface area contributed by atoms with Gasteiger partial charge in [0.15, 0.2) is 5.75 Å². The van der Waals surface area contributed by atoms with Gasteiger partial charge in [-0.25, -0.2) is 0 Å². The molecule has 0 saturated carbocycles. The molecule has 2 aromatic rings. The van der Waals surface area contributed by atoms with Gasteiger partial charge < -0.3 is 19.7 Å². The van der Waals surface area contributed by atoms with Crippen LogP contribution >= 0.6 is 90.4 Å². The second-order valence-corrected chi connectivity index (χ2v) is 9.52. The summed E-state index contributed by atoms with van der Waals surface area (Å²) in [5, 5.41) is 23.3. The lowest BCUT2D eigenvalue weighted by Crippen LogP contribution is -2.35. The number of aromatic hydroxyl groups is 1. The number of carbonyl (C=O) groups is 1. The lowest BCUT2D eigenvalue weighted by atomic mass is 10.1. The lowest BCUT2D eigenvalue weighted by molar-refractivity contribution is -0.307. The Balaban J connectivity index is 2.31. The number of benzene rings is 2. The van der Waals surface area contributed by atoms with Crippen LogP contribution in [0.1, 0.15) is 5.56 Å². The first-order valence-electron chi connectivity index (χ1n) is 6.60. The quantitative estimate of drug-likeness (QED) is 0.353. The Hall–Kier alpha value is 0.0300. The Kier molecular flexibility index (Phi) is 7.93. The maximum Gasteiger partial charge on any atom is 0.154 e. The van der Waals surface area contributed by atoms with Gasteiger partial charge in [-0.3, -0.25) is 0 Å². The van der Waals surface area contributed by atoms with Gasteiger partial charge in [-0.2, -0.15) is 4.91 Å². The maximum atomic E-state index is 10.8. The fourth-order valence-corrected chi connectivity index (χ4v) is 5.76. The van der Waals surface area contributed by atoms with E-state index in [4.69, 9.17) is 4.74 Å². The molecule has 6 nitrogen and oxygen atoms in total. The van der Waals surface area contributed by atoms with Gasteiger partial charge in [-0.1, -0.05) is 5.18 Å². The highest BCUT2D eigenvalue weighted by atomic mass is 127. The Labute approximate surface area is 197 Å². The fourth-order valence-electron chi connectivity index (χ4n) is 1.93. The average Bonchev–Trinajstić information content (AvgIpc) is 2.53. The summed E-state index contributed by atoms with van der Waals surface area (Å²) in [4.78, 5) is 21.4. The van der Waals surface area contributed by atoms with Gasteiger partial charge in [0.2, 0.25) is 0 Å². The number of nitrogens with zero attached hydrogens (tertiary/aromatic N) is 1. The monoisotopic (exact) mass is 790 g/mol. The Morgan fingerprint density at radius 3 is 2.04 bits per heavy atom. The number of nitroso groups, excluding NO2 is 1. The Bertz CT molecular complexity index is 797. The van der Waals surface area contributed by atoms with Crippen molar-refractivity contribution in [2.45, 2.75) is 12.5 Å². The van der Waals surface area contributed by atoms with Crippen molar-refractivity contribution in [2.24, 2.45) is 5.18 Å². The lowest BCUT2D eigenvalue weighted by Gasteiger charge is -2.15. The van der Waals surface area contributed by atoms with Crippen molar-refractivity contribution in [1.29, 1.82) is 0 Å². The number of carbonyl (C=O) groups excluding carboxylic acids is 1. The molecule has 132 valence electrons. The number of hydrogen-bond donors (Lipinski definition) is 1. The highest BCUT2D eigenvalue weighted by molar-refractivity contribution is 14.1. The molecule has 0 spiro atoms. The van der Waals surface area contributed by atoms with Crippen molar-refractivity contribution in [3.63, 3.8) is 0 Å². The van der Waals surface area contributed by atoms with Crippen LogP contribution in [-0.2, 0) is 11.2 Å². The summed E-state index contributed by atoms with van der Waals surface area (Å²) in [7, 11) is 0. The minimum absolute atomic E-state index is 0.0346. The number of halogens is 4. The molecule has 0 aliphatic heterocycles. The smallest absolute Gasteiger partial charge is 0.154 e. The molecule has 25 heavy (non-hydrogen) atoms. The van der Waals surface area contributed by atoms with E-state index in [-0.39, 0.29) is 12.2 Å². The number of phenols is 1. The average molecular weight is 790 g/mol. The van der Waals surface area contributed by atoms with E-state index in [0.717, 1.165) is 7.14 Å². The van der Waals surface area contributed by atoms with Gasteiger partial charge >= 0.3 is 0 Å². The van der Waals surface area contributed by atoms with E-state index in [0.29, 0.717) is 24.2 Å². The Morgan fingerprint density at radius 2 is 1.60 bits per heavy atom. The number of aliphatic carboxylic acids is 1. The van der Waals surface area contributed by atoms with Gasteiger partial charge in [-0.05, 0) is 120 Å². The zero-order valence-electron chi connectivity index (χ0n) is 12.1. The summed E-state index contributed by atoms with van der Waals surface area (Å²) in [6, 6.07) is 5.52. The topological polar surface area (TPSA) is 99.0 Å². The van der Waals surface area contributed by atoms with Gasteiger partial charge in [0.1, 0.15) is 17.5 Å². The van der Waals surface area contributed by atoms with Gasteiger partial charge in [0.25, 0.3) is 0 Å². The van der Waals surface area contributed by atoms with Crippen LogP contribution in [0.5, 0.6) is 17.2 Å². The first-order valence-corrected chi connectivity index (χ1v) is 10.9.